The number of oxazole rings is 1. The molecule has 0 saturated heterocycles. The predicted octanol–water partition coefficient (Wildman–Crippen LogP) is 0.191. The van der Waals surface area contributed by atoms with Crippen molar-refractivity contribution in [1.82, 2.24) is 4.98 Å². The highest BCUT2D eigenvalue weighted by atomic mass is 16.4. The molecule has 2 N–H and O–H groups in total. The van der Waals surface area contributed by atoms with Gasteiger partial charge in [0.1, 0.15) is 6.26 Å². The van der Waals surface area contributed by atoms with Crippen LogP contribution in [0.3, 0.4) is 0 Å². The maximum absolute atomic E-state index is 10.5. The van der Waals surface area contributed by atoms with Crippen molar-refractivity contribution in [3.63, 3.8) is 0 Å². The van der Waals surface area contributed by atoms with Gasteiger partial charge in [-0.1, -0.05) is 0 Å². The predicted molar refractivity (Wildman–Crippen MR) is 48.4 cm³/mol. The third-order valence-electron chi connectivity index (χ3n) is 1.73. The van der Waals surface area contributed by atoms with E-state index in [1.165, 1.54) is 0 Å². The lowest BCUT2D eigenvalue weighted by Crippen LogP contribution is -2.26. The van der Waals surface area contributed by atoms with Crippen LogP contribution in [-0.2, 0) is 0 Å². The number of carboxylic acid groups (broad SMARTS) is 1. The van der Waals surface area contributed by atoms with Crippen molar-refractivity contribution in [2.45, 2.75) is 6.92 Å². The van der Waals surface area contributed by atoms with Gasteiger partial charge in [-0.25, -0.2) is 4.79 Å². The second kappa shape index (κ2) is 4.61. The van der Waals surface area contributed by atoms with E-state index in [4.69, 9.17) is 14.6 Å². The summed E-state index contributed by atoms with van der Waals surface area (Å²) in [5.41, 5.74) is -0.128. The second-order valence-corrected chi connectivity index (χ2v) is 2.62. The lowest BCUT2D eigenvalue weighted by atomic mass is 10.5. The average Bonchev–Trinajstić information content (AvgIpc) is 2.63. The molecule has 0 unspecified atom stereocenters. The fraction of sp³-hybridized carbons (Fsp3) is 0.500. The smallest absolute Gasteiger partial charge is 0.357 e. The summed E-state index contributed by atoms with van der Waals surface area (Å²) in [7, 11) is 0. The van der Waals surface area contributed by atoms with Crippen molar-refractivity contribution >= 4 is 12.0 Å². The van der Waals surface area contributed by atoms with Crippen molar-refractivity contribution in [2.75, 3.05) is 24.6 Å². The van der Waals surface area contributed by atoms with Crippen molar-refractivity contribution in [3.8, 4) is 0 Å². The van der Waals surface area contributed by atoms with E-state index in [1.54, 1.807) is 4.90 Å². The SMILES string of the molecule is CCN(CCO)c1nc(C(=O)O)co1. The third kappa shape index (κ3) is 2.23. The number of likely N-dealkylation sites (N-methyl/N-ethyl adjacent to an activating group) is 1. The van der Waals surface area contributed by atoms with Gasteiger partial charge in [0, 0.05) is 13.1 Å². The molecule has 1 aromatic rings. The Morgan fingerprint density at radius 3 is 2.86 bits per heavy atom. The lowest BCUT2D eigenvalue weighted by Gasteiger charge is -2.15. The number of aromatic nitrogens is 1. The number of aliphatic hydroxyl groups excluding tert-OH is 1. The average molecular weight is 200 g/mol. The maximum atomic E-state index is 10.5. The minimum Gasteiger partial charge on any atom is -0.476 e. The molecule has 0 amide bonds. The Balaban J connectivity index is 2.78. The molecule has 1 aromatic heterocycles. The summed E-state index contributed by atoms with van der Waals surface area (Å²) in [4.78, 5) is 15.9. The minimum absolute atomic E-state index is 0.0291. The van der Waals surface area contributed by atoms with Gasteiger partial charge in [0.05, 0.1) is 6.61 Å². The summed E-state index contributed by atoms with van der Waals surface area (Å²) in [6.07, 6.45) is 1.08. The zero-order valence-corrected chi connectivity index (χ0v) is 7.80. The number of aliphatic hydroxyl groups is 1. The third-order valence-corrected chi connectivity index (χ3v) is 1.73. The summed E-state index contributed by atoms with van der Waals surface area (Å²) < 4.78 is 4.95. The molecule has 0 bridgehead atoms. The summed E-state index contributed by atoms with van der Waals surface area (Å²) in [6, 6.07) is 0.221. The van der Waals surface area contributed by atoms with Crippen molar-refractivity contribution in [1.29, 1.82) is 0 Å². The van der Waals surface area contributed by atoms with Gasteiger partial charge >= 0.3 is 5.97 Å². The number of nitrogens with zero attached hydrogens (tertiary/aromatic N) is 2. The Kier molecular flexibility index (Phi) is 3.47. The van der Waals surface area contributed by atoms with E-state index >= 15 is 0 Å². The molecular weight excluding hydrogens is 188 g/mol. The molecule has 0 atom stereocenters. The molecule has 0 aliphatic carbocycles. The first kappa shape index (κ1) is 10.5. The molecule has 0 fully saturated rings. The Morgan fingerprint density at radius 1 is 1.71 bits per heavy atom. The molecule has 0 radical (unpaired) electrons. The normalized spacial score (nSPS) is 10.1. The number of hydrogen-bond donors (Lipinski definition) is 2. The lowest BCUT2D eigenvalue weighted by molar-refractivity contribution is 0.0690. The highest BCUT2D eigenvalue weighted by molar-refractivity contribution is 5.85. The van der Waals surface area contributed by atoms with Crippen LogP contribution in [0.1, 0.15) is 17.4 Å². The topological polar surface area (TPSA) is 86.8 Å². The van der Waals surface area contributed by atoms with Gasteiger partial charge in [0.15, 0.2) is 5.69 Å². The number of carbonyl (C=O) groups is 1. The molecule has 6 nitrogen and oxygen atoms in total. The monoisotopic (exact) mass is 200 g/mol. The first-order valence-corrected chi connectivity index (χ1v) is 4.23. The van der Waals surface area contributed by atoms with Crippen LogP contribution in [0.4, 0.5) is 6.01 Å². The molecule has 0 aliphatic rings. The Morgan fingerprint density at radius 2 is 2.43 bits per heavy atom. The number of rotatable bonds is 5. The number of hydrogen-bond acceptors (Lipinski definition) is 5. The van der Waals surface area contributed by atoms with Gasteiger partial charge in [0.25, 0.3) is 6.01 Å². The van der Waals surface area contributed by atoms with E-state index in [0.717, 1.165) is 6.26 Å². The van der Waals surface area contributed by atoms with Crippen molar-refractivity contribution in [2.24, 2.45) is 0 Å². The van der Waals surface area contributed by atoms with Crippen LogP contribution in [0, 0.1) is 0 Å². The van der Waals surface area contributed by atoms with Crippen LogP contribution in [0.25, 0.3) is 0 Å². The largest absolute Gasteiger partial charge is 0.476 e. The minimum atomic E-state index is -1.12. The molecule has 1 rings (SSSR count). The van der Waals surface area contributed by atoms with Crippen LogP contribution in [0.15, 0.2) is 10.7 Å². The Labute approximate surface area is 80.8 Å². The summed E-state index contributed by atoms with van der Waals surface area (Å²) in [5.74, 6) is -1.12. The van der Waals surface area contributed by atoms with E-state index in [9.17, 15) is 4.79 Å². The van der Waals surface area contributed by atoms with Crippen LogP contribution in [-0.4, -0.2) is 40.9 Å². The quantitative estimate of drug-likeness (QED) is 0.705. The molecule has 0 spiro atoms. The second-order valence-electron chi connectivity index (χ2n) is 2.62. The van der Waals surface area contributed by atoms with Crippen molar-refractivity contribution < 1.29 is 19.4 Å². The maximum Gasteiger partial charge on any atom is 0.357 e. The first-order chi connectivity index (χ1) is 6.69. The van der Waals surface area contributed by atoms with E-state index in [2.05, 4.69) is 4.98 Å². The molecule has 1 heterocycles. The molecule has 14 heavy (non-hydrogen) atoms. The Bertz CT molecular complexity index is 310. The van der Waals surface area contributed by atoms with Gasteiger partial charge < -0.3 is 19.5 Å². The molecule has 78 valence electrons. The van der Waals surface area contributed by atoms with Crippen LogP contribution in [0.5, 0.6) is 0 Å². The van der Waals surface area contributed by atoms with Gasteiger partial charge in [0.2, 0.25) is 0 Å². The zero-order chi connectivity index (χ0) is 10.6. The standard InChI is InChI=1S/C8H12N2O4/c1-2-10(3-4-11)8-9-6(5-14-8)7(12)13/h5,11H,2-4H2,1H3,(H,12,13). The molecule has 0 aromatic carbocycles. The zero-order valence-electron chi connectivity index (χ0n) is 7.80. The highest BCUT2D eigenvalue weighted by Crippen LogP contribution is 2.12. The fourth-order valence-electron chi connectivity index (χ4n) is 1.02. The number of aromatic carboxylic acids is 1. The molecular formula is C8H12N2O4. The molecule has 0 aliphatic heterocycles. The van der Waals surface area contributed by atoms with Crippen LogP contribution in [0.2, 0.25) is 0 Å². The van der Waals surface area contributed by atoms with Crippen molar-refractivity contribution in [3.05, 3.63) is 12.0 Å². The Hall–Kier alpha value is -1.56. The number of carboxylic acids is 1. The van der Waals surface area contributed by atoms with E-state index in [-0.39, 0.29) is 18.3 Å². The van der Waals surface area contributed by atoms with Gasteiger partial charge in [-0.15, -0.1) is 0 Å². The molecule has 0 saturated carbocycles. The van der Waals surface area contributed by atoms with E-state index in [1.807, 2.05) is 6.92 Å². The summed E-state index contributed by atoms with van der Waals surface area (Å²) in [5, 5.41) is 17.3. The summed E-state index contributed by atoms with van der Waals surface area (Å²) in [6.45, 7) is 2.80. The molecule has 6 heteroatoms. The van der Waals surface area contributed by atoms with E-state index < -0.39 is 5.97 Å². The summed E-state index contributed by atoms with van der Waals surface area (Å²) >= 11 is 0. The van der Waals surface area contributed by atoms with E-state index in [0.29, 0.717) is 13.1 Å². The highest BCUT2D eigenvalue weighted by Gasteiger charge is 2.14. The fourth-order valence-corrected chi connectivity index (χ4v) is 1.02. The van der Waals surface area contributed by atoms with Crippen LogP contribution >= 0.6 is 0 Å². The van der Waals surface area contributed by atoms with Crippen LogP contribution < -0.4 is 4.90 Å². The van der Waals surface area contributed by atoms with Gasteiger partial charge in [-0.3, -0.25) is 0 Å². The number of anilines is 1. The van der Waals surface area contributed by atoms with Gasteiger partial charge in [-0.2, -0.15) is 4.98 Å². The first-order valence-electron chi connectivity index (χ1n) is 4.23. The van der Waals surface area contributed by atoms with Gasteiger partial charge in [-0.05, 0) is 6.92 Å².